The van der Waals surface area contributed by atoms with Crippen molar-refractivity contribution in [3.8, 4) is 11.3 Å². The van der Waals surface area contributed by atoms with Crippen molar-refractivity contribution in [3.63, 3.8) is 0 Å². The van der Waals surface area contributed by atoms with E-state index in [1.165, 1.54) is 10.7 Å². The molecule has 3 N–H and O–H groups in total. The molecule has 0 spiro atoms. The van der Waals surface area contributed by atoms with Crippen LogP contribution in [0.1, 0.15) is 0 Å². The van der Waals surface area contributed by atoms with Gasteiger partial charge in [-0.25, -0.2) is 4.98 Å². The number of halogens is 1. The highest BCUT2D eigenvalue weighted by atomic mass is 35.5. The third kappa shape index (κ3) is 1.65. The fourth-order valence-electron chi connectivity index (χ4n) is 1.75. The van der Waals surface area contributed by atoms with Crippen molar-refractivity contribution in [3.05, 3.63) is 51.9 Å². The minimum Gasteiger partial charge on any atom is -0.393 e. The van der Waals surface area contributed by atoms with Gasteiger partial charge in [0.2, 0.25) is 0 Å². The zero-order valence-corrected chi connectivity index (χ0v) is 9.98. The first-order valence-electron chi connectivity index (χ1n) is 5.27. The number of nitrogens with zero attached hydrogens (tertiary/aromatic N) is 2. The number of H-pyrrole nitrogens is 1. The average molecular weight is 261 g/mol. The first-order valence-corrected chi connectivity index (χ1v) is 5.65. The number of rotatable bonds is 1. The van der Waals surface area contributed by atoms with E-state index in [1.807, 2.05) is 12.1 Å². The third-order valence-electron chi connectivity index (χ3n) is 2.68. The fourth-order valence-corrected chi connectivity index (χ4v) is 1.88. The van der Waals surface area contributed by atoms with E-state index in [-0.39, 0.29) is 11.2 Å². The van der Waals surface area contributed by atoms with Crippen molar-refractivity contribution in [1.82, 2.24) is 14.6 Å². The van der Waals surface area contributed by atoms with E-state index in [1.54, 1.807) is 18.2 Å². The van der Waals surface area contributed by atoms with Crippen LogP contribution < -0.4 is 11.3 Å². The minimum absolute atomic E-state index is 0.108. The van der Waals surface area contributed by atoms with E-state index in [4.69, 9.17) is 17.3 Å². The molecule has 0 radical (unpaired) electrons. The van der Waals surface area contributed by atoms with Crippen molar-refractivity contribution in [1.29, 1.82) is 0 Å². The van der Waals surface area contributed by atoms with Crippen molar-refractivity contribution in [2.24, 2.45) is 0 Å². The van der Waals surface area contributed by atoms with E-state index in [9.17, 15) is 4.79 Å². The van der Waals surface area contributed by atoms with Crippen LogP contribution in [0.25, 0.3) is 16.9 Å². The van der Waals surface area contributed by atoms with Crippen LogP contribution in [0.3, 0.4) is 0 Å². The molecule has 0 aliphatic rings. The molecule has 2 heterocycles. The molecule has 90 valence electrons. The lowest BCUT2D eigenvalue weighted by atomic mass is 10.2. The molecule has 1 aromatic carbocycles. The highest BCUT2D eigenvalue weighted by molar-refractivity contribution is 6.30. The number of hydrogen-bond donors (Lipinski definition) is 2. The maximum atomic E-state index is 11.8. The van der Waals surface area contributed by atoms with Crippen LogP contribution in [0.15, 0.2) is 41.3 Å². The normalized spacial score (nSPS) is 10.9. The molecular weight excluding hydrogens is 252 g/mol. The molecule has 0 aliphatic carbocycles. The summed E-state index contributed by atoms with van der Waals surface area (Å²) in [6.07, 6.45) is 1.36. The molecule has 3 rings (SSSR count). The standard InChI is InChI=1S/C12H9ClN4O/c13-8-3-1-7(2-4-8)10-5-11-15-6-9(14)12(18)17(11)16-10/h1-6,16H,14H2. The molecule has 0 saturated carbocycles. The van der Waals surface area contributed by atoms with Gasteiger partial charge >= 0.3 is 0 Å². The van der Waals surface area contributed by atoms with Crippen molar-refractivity contribution >= 4 is 22.9 Å². The van der Waals surface area contributed by atoms with Crippen molar-refractivity contribution < 1.29 is 0 Å². The van der Waals surface area contributed by atoms with Crippen LogP contribution in [0.5, 0.6) is 0 Å². The SMILES string of the molecule is Nc1cnc2cc(-c3ccc(Cl)cc3)[nH]n2c1=O. The van der Waals surface area contributed by atoms with Crippen LogP contribution in [0.2, 0.25) is 5.02 Å². The average Bonchev–Trinajstić information content (AvgIpc) is 2.80. The number of fused-ring (bicyclic) bond motifs is 1. The number of nitrogen functional groups attached to an aromatic ring is 1. The van der Waals surface area contributed by atoms with E-state index < -0.39 is 0 Å². The van der Waals surface area contributed by atoms with Gasteiger partial charge in [-0.15, -0.1) is 0 Å². The Morgan fingerprint density at radius 3 is 2.72 bits per heavy atom. The molecule has 2 aromatic heterocycles. The summed E-state index contributed by atoms with van der Waals surface area (Å²) in [5.41, 5.74) is 7.55. The summed E-state index contributed by atoms with van der Waals surface area (Å²) >= 11 is 5.83. The molecule has 3 aromatic rings. The monoisotopic (exact) mass is 260 g/mol. The molecule has 0 fully saturated rings. The lowest BCUT2D eigenvalue weighted by Crippen LogP contribution is -2.18. The first-order chi connectivity index (χ1) is 8.65. The number of nitrogens with two attached hydrogens (primary N) is 1. The number of benzene rings is 1. The second kappa shape index (κ2) is 3.89. The first kappa shape index (κ1) is 10.9. The number of aromatic nitrogens is 3. The van der Waals surface area contributed by atoms with E-state index >= 15 is 0 Å². The molecule has 0 bridgehead atoms. The van der Waals surface area contributed by atoms with Gasteiger partial charge in [0.05, 0.1) is 11.9 Å². The summed E-state index contributed by atoms with van der Waals surface area (Å²) in [5.74, 6) is 0. The largest absolute Gasteiger partial charge is 0.393 e. The maximum absolute atomic E-state index is 11.8. The molecule has 5 nitrogen and oxygen atoms in total. The highest BCUT2D eigenvalue weighted by Gasteiger charge is 2.07. The minimum atomic E-state index is -0.305. The Morgan fingerprint density at radius 2 is 2.00 bits per heavy atom. The Kier molecular flexibility index (Phi) is 2.34. The van der Waals surface area contributed by atoms with Crippen molar-refractivity contribution in [2.75, 3.05) is 5.73 Å². The second-order valence-electron chi connectivity index (χ2n) is 3.89. The van der Waals surface area contributed by atoms with Gasteiger partial charge in [-0.1, -0.05) is 23.7 Å². The lowest BCUT2D eigenvalue weighted by molar-refractivity contribution is 0.907. The molecule has 6 heteroatoms. The smallest absolute Gasteiger partial charge is 0.295 e. The maximum Gasteiger partial charge on any atom is 0.295 e. The molecule has 0 atom stereocenters. The zero-order valence-electron chi connectivity index (χ0n) is 9.22. The summed E-state index contributed by atoms with van der Waals surface area (Å²) in [6.45, 7) is 0. The lowest BCUT2D eigenvalue weighted by Gasteiger charge is -1.97. The summed E-state index contributed by atoms with van der Waals surface area (Å²) < 4.78 is 1.32. The molecule has 0 amide bonds. The Labute approximate surface area is 107 Å². The van der Waals surface area contributed by atoms with E-state index in [0.717, 1.165) is 11.3 Å². The van der Waals surface area contributed by atoms with Gasteiger partial charge in [-0.2, -0.15) is 4.52 Å². The summed E-state index contributed by atoms with van der Waals surface area (Å²) in [7, 11) is 0. The fraction of sp³-hybridized carbons (Fsp3) is 0. The summed E-state index contributed by atoms with van der Waals surface area (Å²) in [5, 5.41) is 3.62. The molecule has 0 unspecified atom stereocenters. The number of anilines is 1. The van der Waals surface area contributed by atoms with Gasteiger partial charge in [0.1, 0.15) is 5.69 Å². The Balaban J connectivity index is 2.22. The predicted octanol–water partition coefficient (Wildman–Crippen LogP) is 1.93. The second-order valence-corrected chi connectivity index (χ2v) is 4.33. The van der Waals surface area contributed by atoms with Crippen LogP contribution >= 0.6 is 11.6 Å². The Morgan fingerprint density at radius 1 is 1.28 bits per heavy atom. The number of hydrogen-bond acceptors (Lipinski definition) is 3. The topological polar surface area (TPSA) is 76.2 Å². The number of aromatic amines is 1. The third-order valence-corrected chi connectivity index (χ3v) is 2.93. The molecule has 0 saturated heterocycles. The quantitative estimate of drug-likeness (QED) is 0.702. The van der Waals surface area contributed by atoms with Crippen molar-refractivity contribution in [2.45, 2.75) is 0 Å². The zero-order chi connectivity index (χ0) is 12.7. The Bertz CT molecular complexity index is 773. The highest BCUT2D eigenvalue weighted by Crippen LogP contribution is 2.20. The number of nitrogens with one attached hydrogen (secondary N) is 1. The molecule has 18 heavy (non-hydrogen) atoms. The van der Waals surface area contributed by atoms with Gasteiger partial charge in [-0.05, 0) is 17.7 Å². The van der Waals surface area contributed by atoms with E-state index in [0.29, 0.717) is 10.7 Å². The van der Waals surface area contributed by atoms with E-state index in [2.05, 4.69) is 10.1 Å². The molecular formula is C12H9ClN4O. The Hall–Kier alpha value is -2.27. The van der Waals surface area contributed by atoms with Crippen LogP contribution in [-0.4, -0.2) is 14.6 Å². The summed E-state index contributed by atoms with van der Waals surface area (Å²) in [4.78, 5) is 15.9. The van der Waals surface area contributed by atoms with Crippen LogP contribution in [-0.2, 0) is 0 Å². The summed E-state index contributed by atoms with van der Waals surface area (Å²) in [6, 6.07) is 9.08. The van der Waals surface area contributed by atoms with Gasteiger partial charge in [0.15, 0.2) is 5.65 Å². The van der Waals surface area contributed by atoms with Crippen LogP contribution in [0.4, 0.5) is 5.69 Å². The van der Waals surface area contributed by atoms with Crippen LogP contribution in [0, 0.1) is 0 Å². The van der Waals surface area contributed by atoms with Gasteiger partial charge in [-0.3, -0.25) is 9.89 Å². The molecule has 0 aliphatic heterocycles. The van der Waals surface area contributed by atoms with Gasteiger partial charge in [0, 0.05) is 11.1 Å². The van der Waals surface area contributed by atoms with Gasteiger partial charge < -0.3 is 5.73 Å². The van der Waals surface area contributed by atoms with Gasteiger partial charge in [0.25, 0.3) is 5.56 Å². The predicted molar refractivity (Wildman–Crippen MR) is 70.7 cm³/mol.